The fourth-order valence-electron chi connectivity index (χ4n) is 6.80. The van der Waals surface area contributed by atoms with Gasteiger partial charge in [0, 0.05) is 0 Å². The second kappa shape index (κ2) is 9.96. The van der Waals surface area contributed by atoms with Crippen molar-refractivity contribution in [1.29, 1.82) is 0 Å². The van der Waals surface area contributed by atoms with Crippen LogP contribution in [-0.4, -0.2) is 0 Å². The Morgan fingerprint density at radius 1 is 0.733 bits per heavy atom. The van der Waals surface area contributed by atoms with E-state index in [0.29, 0.717) is 17.0 Å². The summed E-state index contributed by atoms with van der Waals surface area (Å²) in [7, 11) is 0. The Morgan fingerprint density at radius 2 is 1.30 bits per heavy atom. The Morgan fingerprint density at radius 3 is 1.83 bits per heavy atom. The van der Waals surface area contributed by atoms with Crippen molar-refractivity contribution in [2.24, 2.45) is 29.6 Å². The van der Waals surface area contributed by atoms with Gasteiger partial charge in [0.05, 0.1) is 0 Å². The molecule has 30 heavy (non-hydrogen) atoms. The average Bonchev–Trinajstić information content (AvgIpc) is 2.79. The molecule has 0 radical (unpaired) electrons. The van der Waals surface area contributed by atoms with Gasteiger partial charge in [-0.25, -0.2) is 8.78 Å². The number of hydrogen-bond acceptors (Lipinski definition) is 0. The van der Waals surface area contributed by atoms with Crippen molar-refractivity contribution < 1.29 is 8.78 Å². The predicted molar refractivity (Wildman–Crippen MR) is 122 cm³/mol. The van der Waals surface area contributed by atoms with E-state index in [1.54, 1.807) is 13.0 Å². The highest BCUT2D eigenvalue weighted by Crippen LogP contribution is 2.45. The summed E-state index contributed by atoms with van der Waals surface area (Å²) in [5.74, 6) is 3.10. The maximum atomic E-state index is 14.4. The number of rotatable bonds is 5. The van der Waals surface area contributed by atoms with Crippen LogP contribution >= 0.6 is 0 Å². The third-order valence-electron chi connectivity index (χ3n) is 8.76. The molecule has 166 valence electrons. The van der Waals surface area contributed by atoms with Crippen LogP contribution in [0.25, 0.3) is 0 Å². The molecule has 0 heterocycles. The minimum absolute atomic E-state index is 0.190. The van der Waals surface area contributed by atoms with Crippen molar-refractivity contribution in [2.45, 2.75) is 96.8 Å². The molecule has 3 aliphatic rings. The number of hydrogen-bond donors (Lipinski definition) is 0. The van der Waals surface area contributed by atoms with Crippen LogP contribution in [0.3, 0.4) is 0 Å². The van der Waals surface area contributed by atoms with E-state index in [9.17, 15) is 8.78 Å². The summed E-state index contributed by atoms with van der Waals surface area (Å²) in [5.41, 5.74) is 1.01. The SMILES string of the molecule is CCCC1CCC(C2C=CC(C3CCC(c4ccc(C)c(F)c4F)CC3)CC2)CC1. The summed E-state index contributed by atoms with van der Waals surface area (Å²) in [6.07, 6.45) is 20.7. The molecule has 2 heteroatoms. The van der Waals surface area contributed by atoms with Gasteiger partial charge >= 0.3 is 0 Å². The first kappa shape index (κ1) is 22.0. The van der Waals surface area contributed by atoms with E-state index in [1.807, 2.05) is 6.07 Å². The number of aryl methyl sites for hydroxylation is 1. The highest BCUT2D eigenvalue weighted by Gasteiger charge is 2.33. The zero-order valence-corrected chi connectivity index (χ0v) is 19.0. The van der Waals surface area contributed by atoms with E-state index in [-0.39, 0.29) is 5.92 Å². The smallest absolute Gasteiger partial charge is 0.162 e. The largest absolute Gasteiger partial charge is 0.203 e. The lowest BCUT2D eigenvalue weighted by Gasteiger charge is -2.38. The normalized spacial score (nSPS) is 34.8. The van der Waals surface area contributed by atoms with Gasteiger partial charge in [-0.2, -0.15) is 0 Å². The second-order valence-corrected chi connectivity index (χ2v) is 10.6. The average molecular weight is 415 g/mol. The summed E-state index contributed by atoms with van der Waals surface area (Å²) >= 11 is 0. The number of allylic oxidation sites excluding steroid dienone is 2. The van der Waals surface area contributed by atoms with Gasteiger partial charge < -0.3 is 0 Å². The quantitative estimate of drug-likeness (QED) is 0.422. The third-order valence-corrected chi connectivity index (χ3v) is 8.76. The number of halogens is 2. The molecule has 2 atom stereocenters. The fourth-order valence-corrected chi connectivity index (χ4v) is 6.80. The highest BCUT2D eigenvalue weighted by atomic mass is 19.2. The van der Waals surface area contributed by atoms with Gasteiger partial charge in [0.25, 0.3) is 0 Å². The first-order chi connectivity index (χ1) is 14.6. The lowest BCUT2D eigenvalue weighted by molar-refractivity contribution is 0.186. The molecular weight excluding hydrogens is 374 g/mol. The van der Waals surface area contributed by atoms with Crippen LogP contribution in [0.4, 0.5) is 8.78 Å². The highest BCUT2D eigenvalue weighted by molar-refractivity contribution is 5.28. The van der Waals surface area contributed by atoms with Crippen molar-refractivity contribution in [3.8, 4) is 0 Å². The predicted octanol–water partition coefficient (Wildman–Crippen LogP) is 8.74. The fraction of sp³-hybridized carbons (Fsp3) is 0.714. The summed E-state index contributed by atoms with van der Waals surface area (Å²) in [6, 6.07) is 3.55. The molecular formula is C28H40F2. The topological polar surface area (TPSA) is 0 Å². The minimum atomic E-state index is -0.653. The van der Waals surface area contributed by atoms with Crippen molar-refractivity contribution >= 4 is 0 Å². The van der Waals surface area contributed by atoms with Crippen LogP contribution in [0.1, 0.15) is 101 Å². The van der Waals surface area contributed by atoms with Crippen molar-refractivity contribution in [1.82, 2.24) is 0 Å². The van der Waals surface area contributed by atoms with Crippen molar-refractivity contribution in [2.75, 3.05) is 0 Å². The zero-order valence-electron chi connectivity index (χ0n) is 19.0. The van der Waals surface area contributed by atoms with Crippen molar-refractivity contribution in [3.63, 3.8) is 0 Å². The van der Waals surface area contributed by atoms with Gasteiger partial charge in [0.2, 0.25) is 0 Å². The third kappa shape index (κ3) is 4.83. The Balaban J connectivity index is 1.27. The standard InChI is InChI=1S/C28H40F2/c1-3-4-20-6-8-21(9-7-20)22-10-12-23(13-11-22)24-14-16-25(17-15-24)26-18-5-19(2)27(29)28(26)30/h5,10,12,18,20-25H,3-4,6-9,11,13-17H2,1-2H3. The Labute approximate surface area is 182 Å². The van der Waals surface area contributed by atoms with E-state index in [1.165, 1.54) is 51.4 Å². The Kier molecular flexibility index (Phi) is 7.32. The molecule has 0 nitrogen and oxygen atoms in total. The lowest BCUT2D eigenvalue weighted by Crippen LogP contribution is -2.26. The van der Waals surface area contributed by atoms with Gasteiger partial charge in [0.1, 0.15) is 0 Å². The van der Waals surface area contributed by atoms with Gasteiger partial charge in [-0.3, -0.25) is 0 Å². The molecule has 0 bridgehead atoms. The molecule has 1 aromatic rings. The van der Waals surface area contributed by atoms with Crippen LogP contribution in [0.15, 0.2) is 24.3 Å². The number of benzene rings is 1. The molecule has 2 fully saturated rings. The molecule has 3 aliphatic carbocycles. The van der Waals surface area contributed by atoms with Crippen LogP contribution in [0.5, 0.6) is 0 Å². The van der Waals surface area contributed by atoms with Crippen LogP contribution < -0.4 is 0 Å². The zero-order chi connectivity index (χ0) is 21.1. The molecule has 0 amide bonds. The maximum Gasteiger partial charge on any atom is 0.162 e. The first-order valence-corrected chi connectivity index (χ1v) is 12.7. The Hall–Kier alpha value is -1.18. The van der Waals surface area contributed by atoms with E-state index in [0.717, 1.165) is 49.4 Å². The van der Waals surface area contributed by atoms with Crippen LogP contribution in [-0.2, 0) is 0 Å². The molecule has 2 saturated carbocycles. The summed E-state index contributed by atoms with van der Waals surface area (Å²) in [4.78, 5) is 0. The van der Waals surface area contributed by atoms with E-state index in [2.05, 4.69) is 19.1 Å². The summed E-state index contributed by atoms with van der Waals surface area (Å²) in [5, 5.41) is 0. The molecule has 4 rings (SSSR count). The summed E-state index contributed by atoms with van der Waals surface area (Å²) in [6.45, 7) is 3.96. The van der Waals surface area contributed by atoms with Crippen molar-refractivity contribution in [3.05, 3.63) is 47.0 Å². The molecule has 0 aliphatic heterocycles. The maximum absolute atomic E-state index is 14.4. The van der Waals surface area contributed by atoms with Gasteiger partial charge in [-0.1, -0.05) is 56.9 Å². The molecule has 1 aromatic carbocycles. The monoisotopic (exact) mass is 414 g/mol. The van der Waals surface area contributed by atoms with Gasteiger partial charge in [0.15, 0.2) is 11.6 Å². The molecule has 0 N–H and O–H groups in total. The van der Waals surface area contributed by atoms with Gasteiger partial charge in [-0.15, -0.1) is 0 Å². The Bertz CT molecular complexity index is 720. The van der Waals surface area contributed by atoms with E-state index < -0.39 is 11.6 Å². The van der Waals surface area contributed by atoms with E-state index >= 15 is 0 Å². The molecule has 2 unspecified atom stereocenters. The summed E-state index contributed by atoms with van der Waals surface area (Å²) < 4.78 is 28.4. The lowest BCUT2D eigenvalue weighted by atomic mass is 9.67. The minimum Gasteiger partial charge on any atom is -0.203 e. The molecule has 0 aromatic heterocycles. The second-order valence-electron chi connectivity index (χ2n) is 10.6. The molecule has 0 spiro atoms. The van der Waals surface area contributed by atoms with Crippen LogP contribution in [0, 0.1) is 48.1 Å². The van der Waals surface area contributed by atoms with Gasteiger partial charge in [-0.05, 0) is 105 Å². The van der Waals surface area contributed by atoms with Crippen LogP contribution in [0.2, 0.25) is 0 Å². The molecule has 0 saturated heterocycles. The van der Waals surface area contributed by atoms with E-state index in [4.69, 9.17) is 0 Å². The first-order valence-electron chi connectivity index (χ1n) is 12.7.